The number of nitrogens with two attached hydrogens (primary N) is 1. The van der Waals surface area contributed by atoms with Crippen LogP contribution in [0, 0.1) is 6.92 Å². The van der Waals surface area contributed by atoms with E-state index in [-0.39, 0.29) is 0 Å². The van der Waals surface area contributed by atoms with Gasteiger partial charge in [-0.2, -0.15) is 0 Å². The van der Waals surface area contributed by atoms with Gasteiger partial charge in [-0.05, 0) is 36.6 Å². The maximum absolute atomic E-state index is 6.24. The fourth-order valence-corrected chi connectivity index (χ4v) is 2.24. The van der Waals surface area contributed by atoms with Crippen LogP contribution in [0.1, 0.15) is 18.1 Å². The molecule has 1 heterocycles. The maximum atomic E-state index is 6.24. The first-order valence-electron chi connectivity index (χ1n) is 5.08. The van der Waals surface area contributed by atoms with Crippen LogP contribution in [0.25, 0.3) is 10.9 Å². The molecule has 0 bridgehead atoms. The van der Waals surface area contributed by atoms with Gasteiger partial charge in [0, 0.05) is 5.39 Å². The number of benzene rings is 1. The Kier molecular flexibility index (Phi) is 2.96. The van der Waals surface area contributed by atoms with Crippen molar-refractivity contribution in [1.29, 1.82) is 0 Å². The molecule has 0 aliphatic carbocycles. The fraction of sp³-hybridized carbons (Fsp3) is 0.250. The van der Waals surface area contributed by atoms with E-state index in [1.807, 2.05) is 26.0 Å². The highest BCUT2D eigenvalue weighted by atomic mass is 35.5. The molecule has 2 N–H and O–H groups in total. The molecular formula is C12H12Cl2N2. The minimum atomic E-state index is 0.525. The first-order valence-corrected chi connectivity index (χ1v) is 5.84. The molecule has 0 aliphatic rings. The first-order chi connectivity index (χ1) is 7.54. The highest BCUT2D eigenvalue weighted by Gasteiger charge is 2.11. The number of anilines is 1. The lowest BCUT2D eigenvalue weighted by atomic mass is 10.1. The second-order valence-corrected chi connectivity index (χ2v) is 4.56. The molecule has 0 saturated heterocycles. The van der Waals surface area contributed by atoms with Gasteiger partial charge >= 0.3 is 0 Å². The van der Waals surface area contributed by atoms with Crippen molar-refractivity contribution < 1.29 is 0 Å². The van der Waals surface area contributed by atoms with Crippen LogP contribution in [0.15, 0.2) is 12.1 Å². The lowest BCUT2D eigenvalue weighted by Gasteiger charge is -2.09. The van der Waals surface area contributed by atoms with E-state index in [4.69, 9.17) is 28.9 Å². The average Bonchev–Trinajstić information content (AvgIpc) is 2.25. The van der Waals surface area contributed by atoms with Gasteiger partial charge in [0.2, 0.25) is 0 Å². The molecule has 1 aromatic heterocycles. The number of aromatic nitrogens is 1. The Labute approximate surface area is 104 Å². The second kappa shape index (κ2) is 4.11. The van der Waals surface area contributed by atoms with Crippen LogP contribution in [-0.2, 0) is 6.42 Å². The molecule has 0 atom stereocenters. The van der Waals surface area contributed by atoms with Crippen molar-refractivity contribution in [3.63, 3.8) is 0 Å². The summed E-state index contributed by atoms with van der Waals surface area (Å²) in [4.78, 5) is 4.31. The number of hydrogen-bond acceptors (Lipinski definition) is 2. The normalized spacial score (nSPS) is 11.0. The number of hydrogen-bond donors (Lipinski definition) is 1. The minimum absolute atomic E-state index is 0.525. The van der Waals surface area contributed by atoms with Crippen molar-refractivity contribution in [1.82, 2.24) is 4.98 Å². The van der Waals surface area contributed by atoms with E-state index in [0.717, 1.165) is 22.9 Å². The Morgan fingerprint density at radius 3 is 2.62 bits per heavy atom. The molecule has 0 aliphatic heterocycles. The van der Waals surface area contributed by atoms with Crippen molar-refractivity contribution in [3.05, 3.63) is 33.3 Å². The number of nitrogen functional groups attached to an aromatic ring is 1. The number of aryl methyl sites for hydroxylation is 2. The zero-order chi connectivity index (χ0) is 11.9. The predicted octanol–water partition coefficient (Wildman–Crippen LogP) is 3.99. The summed E-state index contributed by atoms with van der Waals surface area (Å²) >= 11 is 12.4. The van der Waals surface area contributed by atoms with Gasteiger partial charge in [-0.3, -0.25) is 0 Å². The van der Waals surface area contributed by atoms with Crippen molar-refractivity contribution >= 4 is 39.9 Å². The van der Waals surface area contributed by atoms with E-state index in [9.17, 15) is 0 Å². The van der Waals surface area contributed by atoms with Crippen LogP contribution >= 0.6 is 23.2 Å². The molecule has 0 amide bonds. The summed E-state index contributed by atoms with van der Waals surface area (Å²) in [5.74, 6) is 0.525. The van der Waals surface area contributed by atoms with Crippen molar-refractivity contribution in [2.45, 2.75) is 20.3 Å². The summed E-state index contributed by atoms with van der Waals surface area (Å²) in [6, 6.07) is 3.78. The molecular weight excluding hydrogens is 243 g/mol. The third-order valence-electron chi connectivity index (χ3n) is 2.67. The van der Waals surface area contributed by atoms with Gasteiger partial charge in [-0.25, -0.2) is 4.98 Å². The van der Waals surface area contributed by atoms with E-state index >= 15 is 0 Å². The highest BCUT2D eigenvalue weighted by molar-refractivity contribution is 6.40. The molecule has 2 nitrogen and oxygen atoms in total. The van der Waals surface area contributed by atoms with E-state index in [1.54, 1.807) is 0 Å². The van der Waals surface area contributed by atoms with Gasteiger partial charge in [0.25, 0.3) is 0 Å². The molecule has 0 spiro atoms. The van der Waals surface area contributed by atoms with Gasteiger partial charge in [-0.1, -0.05) is 30.1 Å². The van der Waals surface area contributed by atoms with Crippen LogP contribution in [-0.4, -0.2) is 4.98 Å². The molecule has 0 unspecified atom stereocenters. The number of nitrogens with zero attached hydrogens (tertiary/aromatic N) is 1. The summed E-state index contributed by atoms with van der Waals surface area (Å²) in [5.41, 5.74) is 8.46. The molecule has 0 fully saturated rings. The third kappa shape index (κ3) is 1.72. The third-order valence-corrected chi connectivity index (χ3v) is 3.46. The lowest BCUT2D eigenvalue weighted by Crippen LogP contribution is -1.98. The Bertz CT molecular complexity index is 565. The number of rotatable bonds is 1. The van der Waals surface area contributed by atoms with Gasteiger partial charge in [0.1, 0.15) is 5.82 Å². The SMILES string of the molecule is CCc1cc2c(Cl)c(C)cc(Cl)c2nc1N. The van der Waals surface area contributed by atoms with Crippen LogP contribution < -0.4 is 5.73 Å². The predicted molar refractivity (Wildman–Crippen MR) is 70.3 cm³/mol. The summed E-state index contributed by atoms with van der Waals surface area (Å²) in [6.07, 6.45) is 0.830. The van der Waals surface area contributed by atoms with Crippen LogP contribution in [0.4, 0.5) is 5.82 Å². The van der Waals surface area contributed by atoms with Crippen molar-refractivity contribution in [3.8, 4) is 0 Å². The standard InChI is InChI=1S/C12H12Cl2N2/c1-3-7-5-8-10(14)6(2)4-9(13)11(8)16-12(7)15/h4-5H,3H2,1-2H3,(H2,15,16). The lowest BCUT2D eigenvalue weighted by molar-refractivity contribution is 1.13. The van der Waals surface area contributed by atoms with Gasteiger partial charge < -0.3 is 5.73 Å². The Hall–Kier alpha value is -0.990. The quantitative estimate of drug-likeness (QED) is 0.836. The zero-order valence-electron chi connectivity index (χ0n) is 9.14. The average molecular weight is 255 g/mol. The number of halogens is 2. The van der Waals surface area contributed by atoms with Gasteiger partial charge in [0.05, 0.1) is 15.6 Å². The van der Waals surface area contributed by atoms with Crippen molar-refractivity contribution in [2.75, 3.05) is 5.73 Å². The van der Waals surface area contributed by atoms with Crippen LogP contribution in [0.2, 0.25) is 10.0 Å². The zero-order valence-corrected chi connectivity index (χ0v) is 10.7. The molecule has 84 valence electrons. The summed E-state index contributed by atoms with van der Waals surface area (Å²) in [5, 5.41) is 2.16. The largest absolute Gasteiger partial charge is 0.383 e. The number of fused-ring (bicyclic) bond motifs is 1. The van der Waals surface area contributed by atoms with E-state index in [2.05, 4.69) is 4.98 Å². The summed E-state index contributed by atoms with van der Waals surface area (Å²) < 4.78 is 0. The summed E-state index contributed by atoms with van der Waals surface area (Å²) in [7, 11) is 0. The second-order valence-electron chi connectivity index (χ2n) is 3.77. The van der Waals surface area contributed by atoms with Gasteiger partial charge in [-0.15, -0.1) is 0 Å². The highest BCUT2D eigenvalue weighted by Crippen LogP contribution is 2.33. The minimum Gasteiger partial charge on any atom is -0.383 e. The summed E-state index contributed by atoms with van der Waals surface area (Å²) in [6.45, 7) is 3.96. The first kappa shape index (κ1) is 11.5. The van der Waals surface area contributed by atoms with E-state index in [1.165, 1.54) is 0 Å². The molecule has 16 heavy (non-hydrogen) atoms. The topological polar surface area (TPSA) is 38.9 Å². The molecule has 2 rings (SSSR count). The van der Waals surface area contributed by atoms with E-state index < -0.39 is 0 Å². The number of pyridine rings is 1. The molecule has 0 radical (unpaired) electrons. The molecule has 0 saturated carbocycles. The monoisotopic (exact) mass is 254 g/mol. The fourth-order valence-electron chi connectivity index (χ4n) is 1.74. The Morgan fingerprint density at radius 2 is 2.00 bits per heavy atom. The van der Waals surface area contributed by atoms with E-state index in [0.29, 0.717) is 21.4 Å². The Balaban J connectivity index is 2.90. The molecule has 1 aromatic carbocycles. The van der Waals surface area contributed by atoms with Gasteiger partial charge in [0.15, 0.2) is 0 Å². The van der Waals surface area contributed by atoms with Crippen LogP contribution in [0.3, 0.4) is 0 Å². The Morgan fingerprint density at radius 1 is 1.31 bits per heavy atom. The molecule has 4 heteroatoms. The molecule has 2 aromatic rings. The van der Waals surface area contributed by atoms with Crippen LogP contribution in [0.5, 0.6) is 0 Å². The maximum Gasteiger partial charge on any atom is 0.127 e. The van der Waals surface area contributed by atoms with Crippen molar-refractivity contribution in [2.24, 2.45) is 0 Å². The smallest absolute Gasteiger partial charge is 0.127 e.